The first-order valence-electron chi connectivity index (χ1n) is 5.36. The molecule has 2 heterocycles. The monoisotopic (exact) mass is 220 g/mol. The van der Waals surface area contributed by atoms with Gasteiger partial charge in [-0.05, 0) is 12.1 Å². The summed E-state index contributed by atoms with van der Waals surface area (Å²) in [5.74, 6) is 0. The van der Waals surface area contributed by atoms with Crippen molar-refractivity contribution in [3.63, 3.8) is 0 Å². The topological polar surface area (TPSA) is 62.5 Å². The highest BCUT2D eigenvalue weighted by atomic mass is 16.2. The second kappa shape index (κ2) is 4.49. The van der Waals surface area contributed by atoms with Crippen molar-refractivity contribution in [1.82, 2.24) is 14.8 Å². The predicted octanol–water partition coefficient (Wildman–Crippen LogP) is 0.449. The molecule has 1 aromatic rings. The van der Waals surface area contributed by atoms with Crippen molar-refractivity contribution in [2.45, 2.75) is 6.04 Å². The summed E-state index contributed by atoms with van der Waals surface area (Å²) in [5, 5.41) is 0. The molecule has 86 valence electrons. The van der Waals surface area contributed by atoms with Crippen LogP contribution in [0, 0.1) is 0 Å². The molecule has 1 unspecified atom stereocenters. The highest BCUT2D eigenvalue weighted by Crippen LogP contribution is 2.26. The van der Waals surface area contributed by atoms with E-state index in [2.05, 4.69) is 4.98 Å². The van der Waals surface area contributed by atoms with Crippen LogP contribution in [0.3, 0.4) is 0 Å². The van der Waals surface area contributed by atoms with Crippen LogP contribution in [-0.4, -0.2) is 47.5 Å². The largest absolute Gasteiger partial charge is 0.329 e. The Kier molecular flexibility index (Phi) is 3.05. The quantitative estimate of drug-likeness (QED) is 0.804. The van der Waals surface area contributed by atoms with Crippen molar-refractivity contribution in [1.29, 1.82) is 0 Å². The molecule has 2 N–H and O–H groups in total. The molecule has 0 spiro atoms. The van der Waals surface area contributed by atoms with Crippen molar-refractivity contribution >= 4 is 6.03 Å². The zero-order valence-electron chi connectivity index (χ0n) is 9.34. The van der Waals surface area contributed by atoms with E-state index in [0.29, 0.717) is 19.6 Å². The number of aromatic nitrogens is 1. The Hall–Kier alpha value is -1.62. The number of nitrogens with zero attached hydrogens (tertiary/aromatic N) is 3. The minimum absolute atomic E-state index is 0.0288. The van der Waals surface area contributed by atoms with E-state index in [9.17, 15) is 4.79 Å². The normalized spacial score (nSPS) is 20.6. The van der Waals surface area contributed by atoms with Crippen molar-refractivity contribution < 1.29 is 4.79 Å². The van der Waals surface area contributed by atoms with Crippen molar-refractivity contribution in [3.8, 4) is 0 Å². The van der Waals surface area contributed by atoms with Gasteiger partial charge in [0, 0.05) is 32.9 Å². The van der Waals surface area contributed by atoms with Crippen LogP contribution >= 0.6 is 0 Å². The van der Waals surface area contributed by atoms with Crippen molar-refractivity contribution in [3.05, 3.63) is 30.1 Å². The Balaban J connectivity index is 2.23. The second-order valence-corrected chi connectivity index (χ2v) is 3.92. The van der Waals surface area contributed by atoms with Crippen molar-refractivity contribution in [2.24, 2.45) is 5.73 Å². The van der Waals surface area contributed by atoms with E-state index in [4.69, 9.17) is 5.73 Å². The van der Waals surface area contributed by atoms with Gasteiger partial charge in [-0.3, -0.25) is 4.98 Å². The molecule has 1 aromatic heterocycles. The third-order valence-electron chi connectivity index (χ3n) is 2.79. The number of urea groups is 1. The average molecular weight is 220 g/mol. The van der Waals surface area contributed by atoms with E-state index in [1.54, 1.807) is 23.0 Å². The highest BCUT2D eigenvalue weighted by Gasteiger charge is 2.35. The van der Waals surface area contributed by atoms with Gasteiger partial charge in [0.1, 0.15) is 0 Å². The summed E-state index contributed by atoms with van der Waals surface area (Å²) in [6, 6.07) is 5.81. The molecule has 0 aliphatic carbocycles. The molecule has 0 saturated carbocycles. The van der Waals surface area contributed by atoms with Gasteiger partial charge in [0.25, 0.3) is 0 Å². The molecular weight excluding hydrogens is 204 g/mol. The van der Waals surface area contributed by atoms with Crippen LogP contribution in [0.5, 0.6) is 0 Å². The third kappa shape index (κ3) is 1.86. The lowest BCUT2D eigenvalue weighted by Crippen LogP contribution is -2.35. The number of amides is 2. The maximum absolute atomic E-state index is 11.8. The van der Waals surface area contributed by atoms with Gasteiger partial charge < -0.3 is 15.5 Å². The molecule has 1 fully saturated rings. The number of hydrogen-bond acceptors (Lipinski definition) is 3. The summed E-state index contributed by atoms with van der Waals surface area (Å²) in [6.07, 6.45) is 1.75. The number of carbonyl (C=O) groups excluding carboxylic acids is 1. The zero-order chi connectivity index (χ0) is 11.5. The Morgan fingerprint density at radius 3 is 3.00 bits per heavy atom. The van der Waals surface area contributed by atoms with Crippen LogP contribution < -0.4 is 5.73 Å². The lowest BCUT2D eigenvalue weighted by molar-refractivity contribution is 0.192. The smallest absolute Gasteiger partial charge is 0.320 e. The van der Waals surface area contributed by atoms with Crippen LogP contribution in [0.1, 0.15) is 11.7 Å². The molecule has 16 heavy (non-hydrogen) atoms. The molecule has 5 heteroatoms. The fraction of sp³-hybridized carbons (Fsp3) is 0.455. The predicted molar refractivity (Wildman–Crippen MR) is 60.8 cm³/mol. The number of carbonyl (C=O) groups is 1. The number of hydrogen-bond donors (Lipinski definition) is 1. The lowest BCUT2D eigenvalue weighted by atomic mass is 10.2. The van der Waals surface area contributed by atoms with E-state index in [-0.39, 0.29) is 12.1 Å². The Bertz CT molecular complexity index is 368. The lowest BCUT2D eigenvalue weighted by Gasteiger charge is -2.21. The molecule has 0 aromatic carbocycles. The summed E-state index contributed by atoms with van der Waals surface area (Å²) in [6.45, 7) is 1.73. The summed E-state index contributed by atoms with van der Waals surface area (Å²) >= 11 is 0. The first-order chi connectivity index (χ1) is 7.74. The maximum atomic E-state index is 11.8. The molecule has 1 aliphatic heterocycles. The van der Waals surface area contributed by atoms with Gasteiger partial charge in [0.15, 0.2) is 0 Å². The Morgan fingerprint density at radius 2 is 2.38 bits per heavy atom. The van der Waals surface area contributed by atoms with Crippen LogP contribution in [0.4, 0.5) is 4.79 Å². The van der Waals surface area contributed by atoms with E-state index >= 15 is 0 Å². The minimum atomic E-state index is 0.0288. The molecule has 1 saturated heterocycles. The highest BCUT2D eigenvalue weighted by molar-refractivity contribution is 5.77. The minimum Gasteiger partial charge on any atom is -0.329 e. The number of rotatable bonds is 3. The number of pyridine rings is 1. The maximum Gasteiger partial charge on any atom is 0.320 e. The van der Waals surface area contributed by atoms with E-state index in [1.807, 2.05) is 18.2 Å². The van der Waals surface area contributed by atoms with Crippen LogP contribution in [0.2, 0.25) is 0 Å². The Morgan fingerprint density at radius 1 is 1.56 bits per heavy atom. The fourth-order valence-electron chi connectivity index (χ4n) is 2.01. The summed E-state index contributed by atoms with van der Waals surface area (Å²) in [4.78, 5) is 19.6. The standard InChI is InChI=1S/C11H16N4O/c1-14-8-10(9-4-2-3-6-13-9)15(7-5-12)11(14)16/h2-4,6,10H,5,7-8,12H2,1H3. The third-order valence-corrected chi connectivity index (χ3v) is 2.79. The molecule has 2 rings (SSSR count). The van der Waals surface area contributed by atoms with E-state index in [0.717, 1.165) is 5.69 Å². The van der Waals surface area contributed by atoms with Gasteiger partial charge in [-0.1, -0.05) is 6.07 Å². The van der Waals surface area contributed by atoms with Crippen molar-refractivity contribution in [2.75, 3.05) is 26.7 Å². The van der Waals surface area contributed by atoms with Crippen LogP contribution in [-0.2, 0) is 0 Å². The molecule has 5 nitrogen and oxygen atoms in total. The molecule has 0 bridgehead atoms. The first-order valence-corrected chi connectivity index (χ1v) is 5.36. The SMILES string of the molecule is CN1CC(c2ccccn2)N(CCN)C1=O. The van der Waals surface area contributed by atoms with Crippen LogP contribution in [0.15, 0.2) is 24.4 Å². The molecular formula is C11H16N4O. The summed E-state index contributed by atoms with van der Waals surface area (Å²) in [5.41, 5.74) is 6.45. The van der Waals surface area contributed by atoms with Crippen LogP contribution in [0.25, 0.3) is 0 Å². The summed E-state index contributed by atoms with van der Waals surface area (Å²) in [7, 11) is 1.80. The van der Waals surface area contributed by atoms with Gasteiger partial charge in [0.05, 0.1) is 11.7 Å². The summed E-state index contributed by atoms with van der Waals surface area (Å²) < 4.78 is 0. The Labute approximate surface area is 94.9 Å². The molecule has 2 amide bonds. The van der Waals surface area contributed by atoms with Gasteiger partial charge in [0.2, 0.25) is 0 Å². The van der Waals surface area contributed by atoms with Gasteiger partial charge in [-0.15, -0.1) is 0 Å². The fourth-order valence-corrected chi connectivity index (χ4v) is 2.01. The van der Waals surface area contributed by atoms with E-state index in [1.165, 1.54) is 0 Å². The van der Waals surface area contributed by atoms with Gasteiger partial charge in [-0.2, -0.15) is 0 Å². The van der Waals surface area contributed by atoms with Gasteiger partial charge >= 0.3 is 6.03 Å². The molecule has 1 atom stereocenters. The zero-order valence-corrected chi connectivity index (χ0v) is 9.34. The molecule has 1 aliphatic rings. The second-order valence-electron chi connectivity index (χ2n) is 3.92. The number of likely N-dealkylation sites (N-methyl/N-ethyl adjacent to an activating group) is 1. The van der Waals surface area contributed by atoms with E-state index < -0.39 is 0 Å². The molecule has 0 radical (unpaired) electrons. The van der Waals surface area contributed by atoms with Gasteiger partial charge in [-0.25, -0.2) is 4.79 Å². The number of nitrogens with two attached hydrogens (primary N) is 1. The first kappa shape index (κ1) is 10.9. The average Bonchev–Trinajstić information content (AvgIpc) is 2.59.